The topological polar surface area (TPSA) is 108 Å². The lowest BCUT2D eigenvalue weighted by Gasteiger charge is -2.34. The van der Waals surface area contributed by atoms with Crippen LogP contribution >= 0.6 is 0 Å². The van der Waals surface area contributed by atoms with Crippen LogP contribution in [-0.2, 0) is 6.42 Å². The van der Waals surface area contributed by atoms with Crippen molar-refractivity contribution in [1.29, 1.82) is 5.26 Å². The molecular formula is C19H16N8O. The van der Waals surface area contributed by atoms with Crippen molar-refractivity contribution in [3.8, 4) is 11.8 Å². The molecule has 5 heterocycles. The lowest BCUT2D eigenvalue weighted by Crippen LogP contribution is -2.37. The van der Waals surface area contributed by atoms with Crippen molar-refractivity contribution in [2.24, 2.45) is 0 Å². The van der Waals surface area contributed by atoms with Crippen molar-refractivity contribution >= 4 is 11.3 Å². The maximum absolute atomic E-state index is 9.00. The molecule has 4 aromatic rings. The Morgan fingerprint density at radius 1 is 1.29 bits per heavy atom. The largest absolute Gasteiger partial charge is 0.494 e. The molecule has 138 valence electrons. The molecular weight excluding hydrogens is 356 g/mol. The number of hydrogen-bond acceptors (Lipinski definition) is 7. The van der Waals surface area contributed by atoms with E-state index in [9.17, 15) is 0 Å². The van der Waals surface area contributed by atoms with E-state index in [2.05, 4.69) is 24.8 Å². The van der Waals surface area contributed by atoms with Crippen LogP contribution in [0.5, 0.6) is 5.75 Å². The van der Waals surface area contributed by atoms with Gasteiger partial charge in [0.25, 0.3) is 0 Å². The number of pyridine rings is 1. The van der Waals surface area contributed by atoms with E-state index >= 15 is 0 Å². The lowest BCUT2D eigenvalue weighted by atomic mass is 10.00. The fraction of sp³-hybridized carbons (Fsp3) is 0.211. The Labute approximate surface area is 160 Å². The fourth-order valence-electron chi connectivity index (χ4n) is 3.66. The highest BCUT2D eigenvalue weighted by Gasteiger charge is 2.34. The Balaban J connectivity index is 1.65. The molecule has 0 fully saturated rings. The number of rotatable bonds is 3. The first kappa shape index (κ1) is 16.3. The SMILES string of the molecule is COc1cccn2nc([C@H]3c4nc[nH]c4CCN3c3cnc(C#N)cn3)cc12. The maximum atomic E-state index is 9.00. The zero-order valence-corrected chi connectivity index (χ0v) is 15.1. The Hall–Kier alpha value is -3.93. The minimum atomic E-state index is -0.221. The van der Waals surface area contributed by atoms with E-state index in [0.29, 0.717) is 5.82 Å². The van der Waals surface area contributed by atoms with Gasteiger partial charge in [-0.3, -0.25) is 0 Å². The first-order valence-electron chi connectivity index (χ1n) is 8.81. The number of nitriles is 1. The highest BCUT2D eigenvalue weighted by molar-refractivity contribution is 5.62. The smallest absolute Gasteiger partial charge is 0.158 e. The number of aromatic amines is 1. The minimum absolute atomic E-state index is 0.221. The molecule has 0 aromatic carbocycles. The number of nitrogens with zero attached hydrogens (tertiary/aromatic N) is 7. The highest BCUT2D eigenvalue weighted by atomic mass is 16.5. The molecule has 9 nitrogen and oxygen atoms in total. The zero-order valence-electron chi connectivity index (χ0n) is 15.1. The van der Waals surface area contributed by atoms with E-state index in [0.717, 1.165) is 41.3 Å². The van der Waals surface area contributed by atoms with E-state index in [1.54, 1.807) is 24.1 Å². The van der Waals surface area contributed by atoms with Gasteiger partial charge in [-0.25, -0.2) is 19.5 Å². The molecule has 0 amide bonds. The van der Waals surface area contributed by atoms with Gasteiger partial charge in [-0.1, -0.05) is 0 Å². The summed E-state index contributed by atoms with van der Waals surface area (Å²) >= 11 is 0. The van der Waals surface area contributed by atoms with Crippen LogP contribution in [0.3, 0.4) is 0 Å². The van der Waals surface area contributed by atoms with Crippen molar-refractivity contribution < 1.29 is 4.74 Å². The van der Waals surface area contributed by atoms with Gasteiger partial charge in [0, 0.05) is 24.9 Å². The molecule has 5 rings (SSSR count). The van der Waals surface area contributed by atoms with Crippen LogP contribution in [0.1, 0.15) is 28.8 Å². The number of imidazole rings is 1. The molecule has 1 aliphatic heterocycles. The molecule has 0 saturated carbocycles. The molecule has 0 radical (unpaired) electrons. The van der Waals surface area contributed by atoms with Gasteiger partial charge in [0.15, 0.2) is 5.69 Å². The Morgan fingerprint density at radius 3 is 3.00 bits per heavy atom. The Morgan fingerprint density at radius 2 is 2.21 bits per heavy atom. The van der Waals surface area contributed by atoms with Gasteiger partial charge in [0.2, 0.25) is 0 Å². The lowest BCUT2D eigenvalue weighted by molar-refractivity contribution is 0.417. The normalized spacial score (nSPS) is 16.0. The van der Waals surface area contributed by atoms with Crippen LogP contribution in [-0.4, -0.2) is 43.2 Å². The summed E-state index contributed by atoms with van der Waals surface area (Å²) in [5, 5.41) is 13.8. The number of anilines is 1. The molecule has 1 aliphatic rings. The van der Waals surface area contributed by atoms with Crippen LogP contribution in [0.15, 0.2) is 43.1 Å². The van der Waals surface area contributed by atoms with Gasteiger partial charge >= 0.3 is 0 Å². The first-order chi connectivity index (χ1) is 13.8. The number of fused-ring (bicyclic) bond motifs is 2. The Kier molecular flexibility index (Phi) is 3.69. The molecule has 0 bridgehead atoms. The zero-order chi connectivity index (χ0) is 19.1. The number of ether oxygens (including phenoxy) is 1. The molecule has 0 aliphatic carbocycles. The average Bonchev–Trinajstić information content (AvgIpc) is 3.39. The number of hydrogen-bond donors (Lipinski definition) is 1. The monoisotopic (exact) mass is 372 g/mol. The summed E-state index contributed by atoms with van der Waals surface area (Å²) in [7, 11) is 1.65. The van der Waals surface area contributed by atoms with Gasteiger partial charge in [-0.15, -0.1) is 0 Å². The molecule has 0 spiro atoms. The average molecular weight is 372 g/mol. The van der Waals surface area contributed by atoms with E-state index in [4.69, 9.17) is 15.1 Å². The fourth-order valence-corrected chi connectivity index (χ4v) is 3.66. The van der Waals surface area contributed by atoms with E-state index in [1.165, 1.54) is 6.20 Å². The maximum Gasteiger partial charge on any atom is 0.158 e. The van der Waals surface area contributed by atoms with Crippen molar-refractivity contribution in [3.63, 3.8) is 0 Å². The molecule has 1 N–H and O–H groups in total. The first-order valence-corrected chi connectivity index (χ1v) is 8.81. The molecule has 0 unspecified atom stereocenters. The predicted molar refractivity (Wildman–Crippen MR) is 100.0 cm³/mol. The highest BCUT2D eigenvalue weighted by Crippen LogP contribution is 2.36. The second-order valence-electron chi connectivity index (χ2n) is 6.46. The summed E-state index contributed by atoms with van der Waals surface area (Å²) in [6.45, 7) is 0.728. The van der Waals surface area contributed by atoms with Gasteiger partial charge in [-0.05, 0) is 18.2 Å². The molecule has 9 heteroatoms. The third-order valence-electron chi connectivity index (χ3n) is 4.95. The van der Waals surface area contributed by atoms with Crippen molar-refractivity contribution in [3.05, 3.63) is 65.9 Å². The second kappa shape index (κ2) is 6.35. The Bertz CT molecular complexity index is 1190. The number of aromatic nitrogens is 6. The number of methoxy groups -OCH3 is 1. The van der Waals surface area contributed by atoms with E-state index in [-0.39, 0.29) is 11.7 Å². The van der Waals surface area contributed by atoms with Crippen LogP contribution in [0, 0.1) is 11.3 Å². The van der Waals surface area contributed by atoms with Crippen LogP contribution in [0.2, 0.25) is 0 Å². The third-order valence-corrected chi connectivity index (χ3v) is 4.95. The van der Waals surface area contributed by atoms with Gasteiger partial charge in [-0.2, -0.15) is 10.4 Å². The summed E-state index contributed by atoms with van der Waals surface area (Å²) in [4.78, 5) is 18.5. The van der Waals surface area contributed by atoms with Crippen LogP contribution in [0.25, 0.3) is 5.52 Å². The van der Waals surface area contributed by atoms with Gasteiger partial charge in [0.1, 0.15) is 29.2 Å². The van der Waals surface area contributed by atoms with Crippen LogP contribution in [0.4, 0.5) is 5.82 Å². The summed E-state index contributed by atoms with van der Waals surface area (Å²) in [6, 6.07) is 7.60. The quantitative estimate of drug-likeness (QED) is 0.585. The molecule has 4 aromatic heterocycles. The molecule has 1 atom stereocenters. The van der Waals surface area contributed by atoms with Crippen molar-refractivity contribution in [2.45, 2.75) is 12.5 Å². The third kappa shape index (κ3) is 2.46. The van der Waals surface area contributed by atoms with E-state index in [1.807, 2.05) is 30.5 Å². The van der Waals surface area contributed by atoms with E-state index < -0.39 is 0 Å². The van der Waals surface area contributed by atoms with Gasteiger partial charge < -0.3 is 14.6 Å². The molecule has 0 saturated heterocycles. The number of H-pyrrole nitrogens is 1. The molecule has 28 heavy (non-hydrogen) atoms. The second-order valence-corrected chi connectivity index (χ2v) is 6.46. The summed E-state index contributed by atoms with van der Waals surface area (Å²) in [6.07, 6.45) is 7.52. The summed E-state index contributed by atoms with van der Waals surface area (Å²) in [5.74, 6) is 1.44. The van der Waals surface area contributed by atoms with Gasteiger partial charge in [0.05, 0.1) is 37.2 Å². The summed E-state index contributed by atoms with van der Waals surface area (Å²) in [5.41, 5.74) is 4.01. The minimum Gasteiger partial charge on any atom is -0.494 e. The number of nitrogens with one attached hydrogen (secondary N) is 1. The van der Waals surface area contributed by atoms with Crippen molar-refractivity contribution in [1.82, 2.24) is 29.5 Å². The van der Waals surface area contributed by atoms with Crippen molar-refractivity contribution in [2.75, 3.05) is 18.6 Å². The van der Waals surface area contributed by atoms with Crippen LogP contribution < -0.4 is 9.64 Å². The summed E-state index contributed by atoms with van der Waals surface area (Å²) < 4.78 is 7.27. The predicted octanol–water partition coefficient (Wildman–Crippen LogP) is 1.88. The standard InChI is InChI=1S/C19H16N8O/c1-28-16-3-2-5-27-15(16)7-14(25-27)19-18-13(23-11-24-18)4-6-26(19)17-10-21-12(8-20)9-22-17/h2-3,5,7,9-11,19H,4,6H2,1H3,(H,23,24)/t19-/m0/s1.